The molecule has 0 heterocycles. The normalized spacial score (nSPS) is 10.1. The number of Topliss-reactive ketones (excluding diaryl/α,β-unsaturated/α-hetero) is 1. The van der Waals surface area contributed by atoms with Crippen LogP contribution in [0.2, 0.25) is 0 Å². The van der Waals surface area contributed by atoms with Gasteiger partial charge in [0.1, 0.15) is 0 Å². The Kier molecular flexibility index (Phi) is 5.18. The van der Waals surface area contributed by atoms with Gasteiger partial charge in [-0.3, -0.25) is 25.0 Å². The molecule has 0 aliphatic heterocycles. The summed E-state index contributed by atoms with van der Waals surface area (Å²) in [6, 6.07) is 8.66. The van der Waals surface area contributed by atoms with E-state index in [1.165, 1.54) is 24.3 Å². The van der Waals surface area contributed by atoms with Crippen molar-refractivity contribution in [2.75, 3.05) is 6.61 Å². The fraction of sp³-hybridized carbons (Fsp3) is 0.125. The largest absolute Gasteiger partial charge is 0.454 e. The first-order chi connectivity index (χ1) is 11.8. The molecular formula is C16H12N2O7. The van der Waals surface area contributed by atoms with E-state index in [0.717, 1.165) is 18.2 Å². The smallest absolute Gasteiger partial charge is 0.338 e. The highest BCUT2D eigenvalue weighted by Gasteiger charge is 2.17. The third kappa shape index (κ3) is 4.22. The minimum atomic E-state index is -0.829. The number of nitro benzene ring substituents is 2. The van der Waals surface area contributed by atoms with Gasteiger partial charge < -0.3 is 4.74 Å². The van der Waals surface area contributed by atoms with Crippen LogP contribution in [0.1, 0.15) is 26.3 Å². The van der Waals surface area contributed by atoms with Gasteiger partial charge in [0.15, 0.2) is 6.61 Å². The number of nitrogens with zero attached hydrogens (tertiary/aromatic N) is 2. The van der Waals surface area contributed by atoms with Gasteiger partial charge in [-0.2, -0.15) is 0 Å². The summed E-state index contributed by atoms with van der Waals surface area (Å²) >= 11 is 0. The molecule has 0 amide bonds. The van der Waals surface area contributed by atoms with Crippen molar-refractivity contribution in [2.45, 2.75) is 6.92 Å². The number of ether oxygens (including phenoxy) is 1. The molecule has 0 bridgehead atoms. The van der Waals surface area contributed by atoms with Crippen LogP contribution in [0, 0.1) is 27.2 Å². The third-order valence-electron chi connectivity index (χ3n) is 3.38. The number of ketones is 1. The summed E-state index contributed by atoms with van der Waals surface area (Å²) in [7, 11) is 0. The number of esters is 1. The van der Waals surface area contributed by atoms with Crippen molar-refractivity contribution in [3.8, 4) is 0 Å². The van der Waals surface area contributed by atoms with E-state index in [-0.39, 0.29) is 22.5 Å². The van der Waals surface area contributed by atoms with Gasteiger partial charge in [0.25, 0.3) is 11.4 Å². The summed E-state index contributed by atoms with van der Waals surface area (Å²) in [5.74, 6) is -1.43. The van der Waals surface area contributed by atoms with Gasteiger partial charge in [-0.25, -0.2) is 4.79 Å². The van der Waals surface area contributed by atoms with E-state index in [0.29, 0.717) is 5.56 Å². The second-order valence-electron chi connectivity index (χ2n) is 5.06. The maximum absolute atomic E-state index is 12.0. The molecule has 0 atom stereocenters. The molecule has 0 N–H and O–H groups in total. The van der Waals surface area contributed by atoms with Crippen LogP contribution in [-0.4, -0.2) is 28.2 Å². The summed E-state index contributed by atoms with van der Waals surface area (Å²) in [6.07, 6.45) is 0. The lowest BCUT2D eigenvalue weighted by Crippen LogP contribution is -2.14. The van der Waals surface area contributed by atoms with Crippen LogP contribution in [0.15, 0.2) is 42.5 Å². The van der Waals surface area contributed by atoms with E-state index in [4.69, 9.17) is 4.74 Å². The molecule has 0 aliphatic carbocycles. The number of hydrogen-bond donors (Lipinski definition) is 0. The lowest BCUT2D eigenvalue weighted by Gasteiger charge is -2.05. The topological polar surface area (TPSA) is 130 Å². The van der Waals surface area contributed by atoms with Crippen molar-refractivity contribution in [3.63, 3.8) is 0 Å². The van der Waals surface area contributed by atoms with E-state index in [9.17, 15) is 29.8 Å². The number of non-ortho nitro benzene ring substituents is 1. The van der Waals surface area contributed by atoms with Gasteiger partial charge in [-0.1, -0.05) is 12.1 Å². The van der Waals surface area contributed by atoms with Crippen molar-refractivity contribution < 1.29 is 24.2 Å². The molecule has 0 aliphatic rings. The fourth-order valence-electron chi connectivity index (χ4n) is 2.00. The van der Waals surface area contributed by atoms with Crippen LogP contribution in [0.4, 0.5) is 11.4 Å². The van der Waals surface area contributed by atoms with Gasteiger partial charge in [0.05, 0.1) is 15.4 Å². The predicted octanol–water partition coefficient (Wildman–Crippen LogP) is 2.85. The zero-order valence-electron chi connectivity index (χ0n) is 13.0. The molecule has 9 heteroatoms. The Morgan fingerprint density at radius 2 is 1.56 bits per heavy atom. The summed E-state index contributed by atoms with van der Waals surface area (Å²) in [5.41, 5.74) is 0.124. The van der Waals surface area contributed by atoms with Crippen molar-refractivity contribution in [2.24, 2.45) is 0 Å². The summed E-state index contributed by atoms with van der Waals surface area (Å²) in [5, 5.41) is 21.4. The molecular weight excluding hydrogens is 332 g/mol. The maximum atomic E-state index is 12.0. The first kappa shape index (κ1) is 17.7. The first-order valence-electron chi connectivity index (χ1n) is 6.99. The second kappa shape index (κ2) is 7.30. The fourth-order valence-corrected chi connectivity index (χ4v) is 2.00. The quantitative estimate of drug-likeness (QED) is 0.341. The van der Waals surface area contributed by atoms with Crippen molar-refractivity contribution in [3.05, 3.63) is 79.4 Å². The summed E-state index contributed by atoms with van der Waals surface area (Å²) < 4.78 is 4.85. The van der Waals surface area contributed by atoms with Gasteiger partial charge in [-0.05, 0) is 19.1 Å². The van der Waals surface area contributed by atoms with Gasteiger partial charge in [0.2, 0.25) is 5.78 Å². The first-order valence-corrected chi connectivity index (χ1v) is 6.99. The van der Waals surface area contributed by atoms with Crippen LogP contribution in [0.5, 0.6) is 0 Å². The van der Waals surface area contributed by atoms with Crippen molar-refractivity contribution in [1.29, 1.82) is 0 Å². The second-order valence-corrected chi connectivity index (χ2v) is 5.06. The summed E-state index contributed by atoms with van der Waals surface area (Å²) in [4.78, 5) is 44.1. The standard InChI is InChI=1S/C16H12N2O7/c1-10-2-3-12(8-14(10)18(23)24)15(19)9-25-16(20)11-4-6-13(7-5-11)17(21)22/h2-8H,9H2,1H3. The predicted molar refractivity (Wildman–Crippen MR) is 85.5 cm³/mol. The molecule has 0 saturated carbocycles. The van der Waals surface area contributed by atoms with E-state index >= 15 is 0 Å². The molecule has 0 aromatic heterocycles. The molecule has 0 unspecified atom stereocenters. The molecule has 0 radical (unpaired) electrons. The molecule has 2 rings (SSSR count). The van der Waals surface area contributed by atoms with Crippen LogP contribution >= 0.6 is 0 Å². The molecule has 0 saturated heterocycles. The Bertz CT molecular complexity index is 859. The highest BCUT2D eigenvalue weighted by molar-refractivity contribution is 5.99. The Labute approximate surface area is 141 Å². The number of carbonyl (C=O) groups excluding carboxylic acids is 2. The lowest BCUT2D eigenvalue weighted by atomic mass is 10.1. The van der Waals surface area contributed by atoms with E-state index < -0.39 is 28.2 Å². The Hall–Kier alpha value is -3.62. The molecule has 128 valence electrons. The maximum Gasteiger partial charge on any atom is 0.338 e. The molecule has 2 aromatic carbocycles. The van der Waals surface area contributed by atoms with Gasteiger partial charge >= 0.3 is 5.97 Å². The molecule has 9 nitrogen and oxygen atoms in total. The highest BCUT2D eigenvalue weighted by atomic mass is 16.6. The van der Waals surface area contributed by atoms with Crippen LogP contribution in [0.25, 0.3) is 0 Å². The van der Waals surface area contributed by atoms with E-state index in [2.05, 4.69) is 0 Å². The van der Waals surface area contributed by atoms with Crippen LogP contribution in [-0.2, 0) is 4.74 Å². The van der Waals surface area contributed by atoms with Gasteiger partial charge in [-0.15, -0.1) is 0 Å². The van der Waals surface area contributed by atoms with Crippen molar-refractivity contribution in [1.82, 2.24) is 0 Å². The average molecular weight is 344 g/mol. The SMILES string of the molecule is Cc1ccc(C(=O)COC(=O)c2ccc([N+](=O)[O-])cc2)cc1[N+](=O)[O-]. The monoisotopic (exact) mass is 344 g/mol. The van der Waals surface area contributed by atoms with Crippen LogP contribution in [0.3, 0.4) is 0 Å². The number of hydrogen-bond acceptors (Lipinski definition) is 7. The number of aryl methyl sites for hydroxylation is 1. The number of rotatable bonds is 6. The van der Waals surface area contributed by atoms with Crippen LogP contribution < -0.4 is 0 Å². The minimum absolute atomic E-state index is 0.0493. The Morgan fingerprint density at radius 1 is 0.960 bits per heavy atom. The number of carbonyl (C=O) groups is 2. The van der Waals surface area contributed by atoms with Gasteiger partial charge in [0, 0.05) is 29.3 Å². The highest BCUT2D eigenvalue weighted by Crippen LogP contribution is 2.20. The third-order valence-corrected chi connectivity index (χ3v) is 3.38. The molecule has 2 aromatic rings. The van der Waals surface area contributed by atoms with E-state index in [1.807, 2.05) is 0 Å². The minimum Gasteiger partial charge on any atom is -0.454 e. The van der Waals surface area contributed by atoms with Crippen molar-refractivity contribution >= 4 is 23.1 Å². The zero-order valence-corrected chi connectivity index (χ0v) is 13.0. The average Bonchev–Trinajstić information content (AvgIpc) is 2.59. The molecule has 0 spiro atoms. The van der Waals surface area contributed by atoms with E-state index in [1.54, 1.807) is 6.92 Å². The summed E-state index contributed by atoms with van der Waals surface area (Å²) in [6.45, 7) is 0.942. The zero-order chi connectivity index (χ0) is 18.6. The lowest BCUT2D eigenvalue weighted by molar-refractivity contribution is -0.385. The Balaban J connectivity index is 2.04. The molecule has 25 heavy (non-hydrogen) atoms. The number of benzene rings is 2. The Morgan fingerprint density at radius 3 is 2.12 bits per heavy atom. The number of nitro groups is 2. The molecule has 0 fully saturated rings.